The van der Waals surface area contributed by atoms with E-state index in [1.807, 2.05) is 6.07 Å². The molecule has 0 aromatic heterocycles. The molecule has 0 amide bonds. The lowest BCUT2D eigenvalue weighted by molar-refractivity contribution is -0.142. The number of benzene rings is 1. The van der Waals surface area contributed by atoms with E-state index in [9.17, 15) is 13.2 Å². The average molecular weight is 303 g/mol. The Balaban J connectivity index is 3.05. The van der Waals surface area contributed by atoms with Crippen molar-refractivity contribution in [2.24, 2.45) is 0 Å². The summed E-state index contributed by atoms with van der Waals surface area (Å²) in [5.41, 5.74) is 0.168. The summed E-state index contributed by atoms with van der Waals surface area (Å²) in [5, 5.41) is 8.73. The van der Waals surface area contributed by atoms with Crippen molar-refractivity contribution >= 4 is 27.6 Å². The number of nitrogens with zero attached hydrogens (tertiary/aromatic N) is 1. The number of sulfonamides is 1. The van der Waals surface area contributed by atoms with E-state index in [1.165, 1.54) is 19.1 Å². The molecule has 1 rings (SSSR count). The Morgan fingerprint density at radius 2 is 2.16 bits per heavy atom. The Hall–Kier alpha value is -1.62. The molecule has 1 aromatic carbocycles. The first-order chi connectivity index (χ1) is 8.81. The standard InChI is InChI=1S/C11H11ClN2O4S/c1-7(11(15)18-2)14-19(16,17)9-4-3-8(6-13)10(12)5-9/h3-5,7,14H,1-2H3. The second-order valence-corrected chi connectivity index (χ2v) is 5.74. The molecular formula is C11H11ClN2O4S. The first-order valence-corrected chi connectivity index (χ1v) is 6.97. The van der Waals surface area contributed by atoms with Crippen molar-refractivity contribution in [1.29, 1.82) is 5.26 Å². The predicted molar refractivity (Wildman–Crippen MR) is 68.0 cm³/mol. The van der Waals surface area contributed by atoms with Gasteiger partial charge in [-0.1, -0.05) is 11.6 Å². The van der Waals surface area contributed by atoms with Crippen LogP contribution in [0.15, 0.2) is 23.1 Å². The van der Waals surface area contributed by atoms with Gasteiger partial charge in [0.2, 0.25) is 10.0 Å². The van der Waals surface area contributed by atoms with Crippen LogP contribution >= 0.6 is 11.6 Å². The highest BCUT2D eigenvalue weighted by Crippen LogP contribution is 2.20. The fourth-order valence-electron chi connectivity index (χ4n) is 1.28. The van der Waals surface area contributed by atoms with Crippen molar-refractivity contribution in [3.63, 3.8) is 0 Å². The van der Waals surface area contributed by atoms with E-state index in [4.69, 9.17) is 16.9 Å². The van der Waals surface area contributed by atoms with Crippen molar-refractivity contribution in [2.45, 2.75) is 17.9 Å². The van der Waals surface area contributed by atoms with Gasteiger partial charge in [0.05, 0.1) is 22.6 Å². The predicted octanol–water partition coefficient (Wildman–Crippen LogP) is 1.05. The van der Waals surface area contributed by atoms with E-state index >= 15 is 0 Å². The zero-order valence-corrected chi connectivity index (χ0v) is 11.7. The number of rotatable bonds is 4. The quantitative estimate of drug-likeness (QED) is 0.839. The molecular weight excluding hydrogens is 292 g/mol. The summed E-state index contributed by atoms with van der Waals surface area (Å²) in [4.78, 5) is 11.0. The maximum Gasteiger partial charge on any atom is 0.323 e. The number of esters is 1. The molecule has 1 atom stereocenters. The minimum Gasteiger partial charge on any atom is -0.468 e. The molecule has 0 aliphatic carbocycles. The number of nitriles is 1. The Morgan fingerprint density at radius 3 is 2.63 bits per heavy atom. The Bertz CT molecular complexity index is 637. The Kier molecular flexibility index (Phi) is 4.89. The number of methoxy groups -OCH3 is 1. The van der Waals surface area contributed by atoms with Crippen molar-refractivity contribution < 1.29 is 17.9 Å². The van der Waals surface area contributed by atoms with Crippen LogP contribution < -0.4 is 4.72 Å². The molecule has 0 spiro atoms. The average Bonchev–Trinajstić information content (AvgIpc) is 2.37. The van der Waals surface area contributed by atoms with Crippen LogP contribution in [0.4, 0.5) is 0 Å². The molecule has 0 heterocycles. The Labute approximate surface area is 116 Å². The smallest absolute Gasteiger partial charge is 0.323 e. The molecule has 1 unspecified atom stereocenters. The SMILES string of the molecule is COC(=O)C(C)NS(=O)(=O)c1ccc(C#N)c(Cl)c1. The van der Waals surface area contributed by atoms with E-state index in [0.717, 1.165) is 13.2 Å². The van der Waals surface area contributed by atoms with E-state index in [1.54, 1.807) is 0 Å². The lowest BCUT2D eigenvalue weighted by Crippen LogP contribution is -2.39. The highest BCUT2D eigenvalue weighted by Gasteiger charge is 2.23. The van der Waals surface area contributed by atoms with Crippen molar-refractivity contribution in [3.05, 3.63) is 28.8 Å². The maximum absolute atomic E-state index is 12.0. The van der Waals surface area contributed by atoms with Gasteiger partial charge in [-0.2, -0.15) is 9.98 Å². The van der Waals surface area contributed by atoms with Gasteiger partial charge in [0.1, 0.15) is 12.1 Å². The summed E-state index contributed by atoms with van der Waals surface area (Å²) in [7, 11) is -2.75. The Morgan fingerprint density at radius 1 is 1.53 bits per heavy atom. The minimum absolute atomic E-state index is 0.0242. The largest absolute Gasteiger partial charge is 0.468 e. The van der Waals surface area contributed by atoms with Gasteiger partial charge in [-0.05, 0) is 25.1 Å². The van der Waals surface area contributed by atoms with Crippen LogP contribution in [-0.4, -0.2) is 27.5 Å². The number of hydrogen-bond acceptors (Lipinski definition) is 5. The summed E-state index contributed by atoms with van der Waals surface area (Å²) in [6, 6.07) is 4.47. The first kappa shape index (κ1) is 15.4. The summed E-state index contributed by atoms with van der Waals surface area (Å²) in [6.45, 7) is 1.36. The highest BCUT2D eigenvalue weighted by molar-refractivity contribution is 7.89. The number of hydrogen-bond donors (Lipinski definition) is 1. The third kappa shape index (κ3) is 3.67. The molecule has 0 aliphatic rings. The molecule has 0 fully saturated rings. The molecule has 0 aliphatic heterocycles. The number of halogens is 1. The third-order valence-corrected chi connectivity index (χ3v) is 4.11. The monoisotopic (exact) mass is 302 g/mol. The van der Waals surface area contributed by atoms with Gasteiger partial charge in [-0.25, -0.2) is 8.42 Å². The summed E-state index contributed by atoms with van der Waals surface area (Å²) < 4.78 is 30.5. The molecule has 0 saturated carbocycles. The van der Waals surface area contributed by atoms with Gasteiger partial charge >= 0.3 is 5.97 Å². The van der Waals surface area contributed by atoms with Crippen molar-refractivity contribution in [2.75, 3.05) is 7.11 Å². The normalized spacial score (nSPS) is 12.5. The lowest BCUT2D eigenvalue weighted by Gasteiger charge is -2.12. The third-order valence-electron chi connectivity index (χ3n) is 2.26. The second-order valence-electron chi connectivity index (χ2n) is 3.62. The molecule has 102 valence electrons. The maximum atomic E-state index is 12.0. The van der Waals surface area contributed by atoms with Crippen molar-refractivity contribution in [3.8, 4) is 6.07 Å². The summed E-state index contributed by atoms with van der Waals surface area (Å²) >= 11 is 5.76. The minimum atomic E-state index is -3.91. The molecule has 0 bridgehead atoms. The van der Waals surface area contributed by atoms with Gasteiger partial charge in [0.25, 0.3) is 0 Å². The number of ether oxygens (including phenoxy) is 1. The molecule has 19 heavy (non-hydrogen) atoms. The van der Waals surface area contributed by atoms with Gasteiger partial charge in [0.15, 0.2) is 0 Å². The first-order valence-electron chi connectivity index (χ1n) is 5.11. The second kappa shape index (κ2) is 6.02. The van der Waals surface area contributed by atoms with E-state index in [2.05, 4.69) is 9.46 Å². The molecule has 6 nitrogen and oxygen atoms in total. The van der Waals surface area contributed by atoms with Gasteiger partial charge in [0, 0.05) is 0 Å². The van der Waals surface area contributed by atoms with E-state index in [0.29, 0.717) is 0 Å². The molecule has 1 N–H and O–H groups in total. The van der Waals surface area contributed by atoms with Crippen LogP contribution in [-0.2, 0) is 19.6 Å². The summed E-state index contributed by atoms with van der Waals surface area (Å²) in [5.74, 6) is -0.705. The zero-order chi connectivity index (χ0) is 14.6. The number of nitrogens with one attached hydrogen (secondary N) is 1. The van der Waals surface area contributed by atoms with Crippen LogP contribution in [0.25, 0.3) is 0 Å². The summed E-state index contributed by atoms with van der Waals surface area (Å²) in [6.07, 6.45) is 0. The van der Waals surface area contributed by atoms with Crippen LogP contribution in [0.1, 0.15) is 12.5 Å². The van der Waals surface area contributed by atoms with Crippen LogP contribution in [0, 0.1) is 11.3 Å². The fraction of sp³-hybridized carbons (Fsp3) is 0.273. The van der Waals surface area contributed by atoms with Gasteiger partial charge in [-0.15, -0.1) is 0 Å². The number of carbonyl (C=O) groups is 1. The van der Waals surface area contributed by atoms with E-state index < -0.39 is 22.0 Å². The molecule has 8 heteroatoms. The van der Waals surface area contributed by atoms with Crippen LogP contribution in [0.2, 0.25) is 5.02 Å². The number of carbonyl (C=O) groups excluding carboxylic acids is 1. The topological polar surface area (TPSA) is 96.3 Å². The molecule has 0 saturated heterocycles. The van der Waals surface area contributed by atoms with Gasteiger partial charge in [-0.3, -0.25) is 4.79 Å². The van der Waals surface area contributed by atoms with Crippen LogP contribution in [0.3, 0.4) is 0 Å². The molecule has 0 radical (unpaired) electrons. The van der Waals surface area contributed by atoms with Gasteiger partial charge < -0.3 is 4.74 Å². The fourth-order valence-corrected chi connectivity index (χ4v) is 2.78. The van der Waals surface area contributed by atoms with E-state index in [-0.39, 0.29) is 15.5 Å². The highest BCUT2D eigenvalue weighted by atomic mass is 35.5. The van der Waals surface area contributed by atoms with Crippen LogP contribution in [0.5, 0.6) is 0 Å². The van der Waals surface area contributed by atoms with Crippen molar-refractivity contribution in [1.82, 2.24) is 4.72 Å². The molecule has 1 aromatic rings. The zero-order valence-electron chi connectivity index (χ0n) is 10.2. The lowest BCUT2D eigenvalue weighted by atomic mass is 10.2.